The fourth-order valence-corrected chi connectivity index (χ4v) is 3.16. The number of carbonyl (C=O) groups is 1. The SMILES string of the molecule is O=C(O)c1ccc(-c2ccc(C=Nc3c(-c4ccco4)nc4ccccn34)o2)cc1. The van der Waals surface area contributed by atoms with Gasteiger partial charge in [-0.2, -0.15) is 0 Å². The number of aromatic nitrogens is 2. The Labute approximate surface area is 170 Å². The van der Waals surface area contributed by atoms with Crippen molar-refractivity contribution >= 4 is 23.6 Å². The molecule has 0 amide bonds. The number of furan rings is 2. The second kappa shape index (κ2) is 7.21. The molecule has 0 unspecified atom stereocenters. The van der Waals surface area contributed by atoms with Gasteiger partial charge in [-0.3, -0.25) is 4.40 Å². The van der Waals surface area contributed by atoms with Crippen LogP contribution < -0.4 is 0 Å². The number of imidazole rings is 1. The first-order chi connectivity index (χ1) is 14.7. The number of rotatable bonds is 5. The number of nitrogens with zero attached hydrogens (tertiary/aromatic N) is 3. The van der Waals surface area contributed by atoms with Gasteiger partial charge in [0.25, 0.3) is 0 Å². The Hall–Kier alpha value is -4.39. The highest BCUT2D eigenvalue weighted by atomic mass is 16.4. The molecule has 0 saturated carbocycles. The van der Waals surface area contributed by atoms with E-state index in [2.05, 4.69) is 9.98 Å². The van der Waals surface area contributed by atoms with Crippen molar-refractivity contribution in [3.63, 3.8) is 0 Å². The maximum Gasteiger partial charge on any atom is 0.335 e. The van der Waals surface area contributed by atoms with E-state index in [1.54, 1.807) is 48.9 Å². The molecule has 30 heavy (non-hydrogen) atoms. The largest absolute Gasteiger partial charge is 0.478 e. The van der Waals surface area contributed by atoms with Crippen LogP contribution in [0.2, 0.25) is 0 Å². The molecular weight excluding hydrogens is 382 g/mol. The Balaban J connectivity index is 1.48. The molecule has 7 nitrogen and oxygen atoms in total. The monoisotopic (exact) mass is 397 g/mol. The third-order valence-corrected chi connectivity index (χ3v) is 4.62. The van der Waals surface area contributed by atoms with Crippen LogP contribution in [0.5, 0.6) is 0 Å². The maximum atomic E-state index is 11.0. The van der Waals surface area contributed by atoms with Gasteiger partial charge in [0.2, 0.25) is 0 Å². The fraction of sp³-hybridized carbons (Fsp3) is 0. The molecular formula is C23H15N3O4. The fourth-order valence-electron chi connectivity index (χ4n) is 3.16. The Morgan fingerprint density at radius 2 is 1.87 bits per heavy atom. The van der Waals surface area contributed by atoms with Crippen LogP contribution in [0.25, 0.3) is 28.4 Å². The third kappa shape index (κ3) is 3.18. The van der Waals surface area contributed by atoms with Gasteiger partial charge in [0.15, 0.2) is 17.3 Å². The van der Waals surface area contributed by atoms with E-state index in [4.69, 9.17) is 13.9 Å². The van der Waals surface area contributed by atoms with Crippen molar-refractivity contribution in [2.45, 2.75) is 0 Å². The van der Waals surface area contributed by atoms with E-state index in [1.807, 2.05) is 40.9 Å². The van der Waals surface area contributed by atoms with Crippen molar-refractivity contribution in [1.29, 1.82) is 0 Å². The number of aromatic carboxylic acids is 1. The summed E-state index contributed by atoms with van der Waals surface area (Å²) >= 11 is 0. The highest BCUT2D eigenvalue weighted by Gasteiger charge is 2.15. The second-order valence-corrected chi connectivity index (χ2v) is 6.53. The van der Waals surface area contributed by atoms with Gasteiger partial charge in [-0.25, -0.2) is 14.8 Å². The van der Waals surface area contributed by atoms with E-state index in [-0.39, 0.29) is 5.56 Å². The van der Waals surface area contributed by atoms with Crippen LogP contribution in [0, 0.1) is 0 Å². The number of carboxylic acids is 1. The molecule has 0 bridgehead atoms. The van der Waals surface area contributed by atoms with Crippen LogP contribution in [0.1, 0.15) is 16.1 Å². The molecule has 5 aromatic rings. The topological polar surface area (TPSA) is 93.2 Å². The van der Waals surface area contributed by atoms with Crippen molar-refractivity contribution in [2.24, 2.45) is 4.99 Å². The minimum atomic E-state index is -0.964. The lowest BCUT2D eigenvalue weighted by molar-refractivity contribution is 0.0697. The van der Waals surface area contributed by atoms with E-state index in [0.717, 1.165) is 11.2 Å². The molecule has 0 aliphatic carbocycles. The van der Waals surface area contributed by atoms with E-state index in [1.165, 1.54) is 0 Å². The average Bonchev–Trinajstić information content (AvgIpc) is 3.51. The first-order valence-electron chi connectivity index (χ1n) is 9.17. The minimum absolute atomic E-state index is 0.227. The molecule has 7 heteroatoms. The third-order valence-electron chi connectivity index (χ3n) is 4.62. The second-order valence-electron chi connectivity index (χ2n) is 6.53. The molecule has 4 heterocycles. The molecule has 0 atom stereocenters. The zero-order valence-electron chi connectivity index (χ0n) is 15.6. The Morgan fingerprint density at radius 1 is 1.00 bits per heavy atom. The summed E-state index contributed by atoms with van der Waals surface area (Å²) in [6.07, 6.45) is 5.11. The van der Waals surface area contributed by atoms with E-state index < -0.39 is 5.97 Å². The van der Waals surface area contributed by atoms with Crippen LogP contribution >= 0.6 is 0 Å². The number of pyridine rings is 1. The number of hydrogen-bond donors (Lipinski definition) is 1. The zero-order valence-corrected chi connectivity index (χ0v) is 15.6. The van der Waals surface area contributed by atoms with Crippen LogP contribution in [0.3, 0.4) is 0 Å². The minimum Gasteiger partial charge on any atom is -0.478 e. The number of hydrogen-bond acceptors (Lipinski definition) is 5. The normalized spacial score (nSPS) is 11.5. The number of aliphatic imine (C=N–C) groups is 1. The maximum absolute atomic E-state index is 11.0. The molecule has 0 aliphatic heterocycles. The number of carboxylic acid groups (broad SMARTS) is 1. The summed E-state index contributed by atoms with van der Waals surface area (Å²) in [6.45, 7) is 0. The average molecular weight is 397 g/mol. The van der Waals surface area contributed by atoms with Crippen LogP contribution in [-0.2, 0) is 0 Å². The summed E-state index contributed by atoms with van der Waals surface area (Å²) in [5, 5.41) is 9.02. The van der Waals surface area contributed by atoms with Crippen LogP contribution in [0.15, 0.2) is 93.0 Å². The Bertz CT molecular complexity index is 1360. The highest BCUT2D eigenvalue weighted by molar-refractivity contribution is 5.88. The number of benzene rings is 1. The van der Waals surface area contributed by atoms with Crippen molar-refractivity contribution in [3.05, 3.63) is 90.5 Å². The summed E-state index contributed by atoms with van der Waals surface area (Å²) in [4.78, 5) is 20.2. The molecule has 1 N–H and O–H groups in total. The summed E-state index contributed by atoms with van der Waals surface area (Å²) in [5.74, 6) is 1.48. The summed E-state index contributed by atoms with van der Waals surface area (Å²) in [5.41, 5.74) is 2.41. The number of fused-ring (bicyclic) bond motifs is 1. The quantitative estimate of drug-likeness (QED) is 0.406. The summed E-state index contributed by atoms with van der Waals surface area (Å²) < 4.78 is 13.3. The predicted octanol–water partition coefficient (Wildman–Crippen LogP) is 5.30. The van der Waals surface area contributed by atoms with Crippen molar-refractivity contribution in [2.75, 3.05) is 0 Å². The molecule has 5 rings (SSSR count). The lowest BCUT2D eigenvalue weighted by Gasteiger charge is -1.98. The van der Waals surface area contributed by atoms with Gasteiger partial charge in [-0.1, -0.05) is 18.2 Å². The smallest absolute Gasteiger partial charge is 0.335 e. The Morgan fingerprint density at radius 3 is 2.63 bits per heavy atom. The standard InChI is InChI=1S/C23H15N3O4/c27-23(28)16-8-6-15(7-9-16)18-11-10-17(30-18)14-24-22-21(19-4-3-13-29-19)25-20-5-1-2-12-26(20)22/h1-14H,(H,27,28). The first-order valence-corrected chi connectivity index (χ1v) is 9.17. The van der Waals surface area contributed by atoms with Gasteiger partial charge < -0.3 is 13.9 Å². The first kappa shape index (κ1) is 17.7. The van der Waals surface area contributed by atoms with Crippen LogP contribution in [0.4, 0.5) is 5.82 Å². The van der Waals surface area contributed by atoms with Gasteiger partial charge in [0.05, 0.1) is 18.0 Å². The Kier molecular flexibility index (Phi) is 4.25. The zero-order chi connectivity index (χ0) is 20.5. The molecule has 0 fully saturated rings. The molecule has 0 radical (unpaired) electrons. The summed E-state index contributed by atoms with van der Waals surface area (Å²) in [6, 6.07) is 19.5. The molecule has 4 aromatic heterocycles. The van der Waals surface area contributed by atoms with Crippen molar-refractivity contribution < 1.29 is 18.7 Å². The van der Waals surface area contributed by atoms with Gasteiger partial charge in [0, 0.05) is 11.8 Å². The van der Waals surface area contributed by atoms with Crippen molar-refractivity contribution in [1.82, 2.24) is 9.38 Å². The predicted molar refractivity (Wildman–Crippen MR) is 111 cm³/mol. The van der Waals surface area contributed by atoms with Gasteiger partial charge >= 0.3 is 5.97 Å². The molecule has 1 aromatic carbocycles. The molecule has 146 valence electrons. The van der Waals surface area contributed by atoms with Gasteiger partial charge in [-0.05, 0) is 48.5 Å². The summed E-state index contributed by atoms with van der Waals surface area (Å²) in [7, 11) is 0. The molecule has 0 saturated heterocycles. The van der Waals surface area contributed by atoms with Crippen molar-refractivity contribution in [3.8, 4) is 22.8 Å². The van der Waals surface area contributed by atoms with E-state index in [9.17, 15) is 4.79 Å². The molecule has 0 spiro atoms. The van der Waals surface area contributed by atoms with Crippen LogP contribution in [-0.4, -0.2) is 26.7 Å². The lowest BCUT2D eigenvalue weighted by Crippen LogP contribution is -1.94. The molecule has 0 aliphatic rings. The van der Waals surface area contributed by atoms with Gasteiger partial charge in [-0.15, -0.1) is 0 Å². The lowest BCUT2D eigenvalue weighted by atomic mass is 10.1. The highest BCUT2D eigenvalue weighted by Crippen LogP contribution is 2.31. The van der Waals surface area contributed by atoms with Gasteiger partial charge in [0.1, 0.15) is 17.2 Å². The van der Waals surface area contributed by atoms with E-state index in [0.29, 0.717) is 28.8 Å². The van der Waals surface area contributed by atoms with E-state index >= 15 is 0 Å².